The zero-order valence-corrected chi connectivity index (χ0v) is 19.2. The van der Waals surface area contributed by atoms with Crippen LogP contribution in [0.15, 0.2) is 24.3 Å². The Hall–Kier alpha value is -3.10. The summed E-state index contributed by atoms with van der Waals surface area (Å²) >= 11 is 0. The summed E-state index contributed by atoms with van der Waals surface area (Å²) in [6.07, 6.45) is 7.35. The average molecular weight is 456 g/mol. The minimum absolute atomic E-state index is 0.113. The van der Waals surface area contributed by atoms with E-state index in [1.807, 2.05) is 4.90 Å². The molecule has 1 aromatic carbocycles. The van der Waals surface area contributed by atoms with Crippen molar-refractivity contribution in [3.63, 3.8) is 0 Å². The number of urea groups is 2. The molecule has 0 atom stereocenters. The Morgan fingerprint density at radius 2 is 1.55 bits per heavy atom. The van der Waals surface area contributed by atoms with E-state index in [2.05, 4.69) is 22.9 Å². The number of nitrogens with zero attached hydrogens (tertiary/aromatic N) is 2. The van der Waals surface area contributed by atoms with Crippen LogP contribution in [0.1, 0.15) is 58.3 Å². The number of carbonyl (C=O) groups excluding carboxylic acids is 4. The molecule has 3 N–H and O–H groups in total. The lowest BCUT2D eigenvalue weighted by atomic mass is 9.77. The van der Waals surface area contributed by atoms with Gasteiger partial charge in [-0.05, 0) is 68.7 Å². The Morgan fingerprint density at radius 3 is 2.15 bits per heavy atom. The first-order chi connectivity index (χ1) is 15.9. The van der Waals surface area contributed by atoms with Crippen molar-refractivity contribution in [2.45, 2.75) is 63.8 Å². The molecule has 178 valence electrons. The van der Waals surface area contributed by atoms with Crippen LogP contribution in [0.25, 0.3) is 0 Å². The van der Waals surface area contributed by atoms with Crippen LogP contribution in [0, 0.1) is 5.92 Å². The fourth-order valence-corrected chi connectivity index (χ4v) is 4.87. The molecule has 2 heterocycles. The number of likely N-dealkylation sites (tertiary alicyclic amines) is 1. The van der Waals surface area contributed by atoms with Gasteiger partial charge in [0.1, 0.15) is 12.1 Å². The van der Waals surface area contributed by atoms with E-state index in [4.69, 9.17) is 0 Å². The van der Waals surface area contributed by atoms with Gasteiger partial charge < -0.3 is 20.9 Å². The van der Waals surface area contributed by atoms with Gasteiger partial charge in [-0.15, -0.1) is 0 Å². The fraction of sp³-hybridized carbons (Fsp3) is 0.583. The second kappa shape index (κ2) is 9.80. The topological polar surface area (TPSA) is 111 Å². The van der Waals surface area contributed by atoms with E-state index in [-0.39, 0.29) is 18.5 Å². The van der Waals surface area contributed by atoms with E-state index in [1.54, 1.807) is 24.3 Å². The highest BCUT2D eigenvalue weighted by molar-refractivity contribution is 6.10. The van der Waals surface area contributed by atoms with Crippen molar-refractivity contribution in [1.29, 1.82) is 0 Å². The second-order valence-electron chi connectivity index (χ2n) is 9.54. The Kier molecular flexibility index (Phi) is 6.85. The molecule has 0 bridgehead atoms. The highest BCUT2D eigenvalue weighted by Crippen LogP contribution is 2.36. The minimum Gasteiger partial charge on any atom is -0.325 e. The predicted molar refractivity (Wildman–Crippen MR) is 125 cm³/mol. The number of amides is 6. The van der Waals surface area contributed by atoms with Gasteiger partial charge >= 0.3 is 12.1 Å². The van der Waals surface area contributed by atoms with E-state index >= 15 is 0 Å². The van der Waals surface area contributed by atoms with Crippen molar-refractivity contribution in [3.05, 3.63) is 24.3 Å². The lowest BCUT2D eigenvalue weighted by molar-refractivity contribution is -0.135. The monoisotopic (exact) mass is 455 g/mol. The fourth-order valence-electron chi connectivity index (χ4n) is 4.87. The molecule has 0 aromatic heterocycles. The smallest absolute Gasteiger partial charge is 0.325 e. The van der Waals surface area contributed by atoms with Gasteiger partial charge in [-0.25, -0.2) is 9.59 Å². The Labute approximate surface area is 194 Å². The second-order valence-corrected chi connectivity index (χ2v) is 9.54. The highest BCUT2D eigenvalue weighted by Gasteiger charge is 2.52. The first-order valence-electron chi connectivity index (χ1n) is 12.0. The molecule has 1 spiro atoms. The minimum atomic E-state index is -0.850. The van der Waals surface area contributed by atoms with Crippen molar-refractivity contribution in [2.24, 2.45) is 5.92 Å². The number of anilines is 2. The zero-order chi connectivity index (χ0) is 23.4. The lowest BCUT2D eigenvalue weighted by Crippen LogP contribution is -2.49. The van der Waals surface area contributed by atoms with Gasteiger partial charge in [0.25, 0.3) is 5.91 Å². The molecule has 3 fully saturated rings. The van der Waals surface area contributed by atoms with Crippen LogP contribution in [0.3, 0.4) is 0 Å². The van der Waals surface area contributed by atoms with Crippen LogP contribution >= 0.6 is 0 Å². The summed E-state index contributed by atoms with van der Waals surface area (Å²) < 4.78 is 0. The molecule has 6 amide bonds. The van der Waals surface area contributed by atoms with E-state index in [0.29, 0.717) is 30.1 Å². The average Bonchev–Trinajstić information content (AvgIpc) is 3.00. The number of benzene rings is 1. The van der Waals surface area contributed by atoms with Crippen LogP contribution < -0.4 is 16.0 Å². The van der Waals surface area contributed by atoms with Gasteiger partial charge in [-0.3, -0.25) is 14.5 Å². The summed E-state index contributed by atoms with van der Waals surface area (Å²) in [5.74, 6) is -0.211. The van der Waals surface area contributed by atoms with Crippen molar-refractivity contribution in [1.82, 2.24) is 15.1 Å². The lowest BCUT2D eigenvalue weighted by Gasteiger charge is -2.33. The number of rotatable bonds is 4. The summed E-state index contributed by atoms with van der Waals surface area (Å²) in [6, 6.07) is 6.20. The van der Waals surface area contributed by atoms with E-state index in [9.17, 15) is 19.2 Å². The maximum absolute atomic E-state index is 12.9. The van der Waals surface area contributed by atoms with Gasteiger partial charge in [-0.2, -0.15) is 0 Å². The molecular weight excluding hydrogens is 422 g/mol. The number of nitrogens with one attached hydrogen (secondary N) is 3. The maximum Gasteiger partial charge on any atom is 0.325 e. The molecule has 0 radical (unpaired) electrons. The third-order valence-corrected chi connectivity index (χ3v) is 6.99. The molecule has 4 rings (SSSR count). The normalized spacial score (nSPS) is 25.5. The SMILES string of the molecule is CC1CCC2(CC1)NC(=O)N(CC(=O)Nc1ccc(NC(=O)N3CCCCCC3)cc1)C2=O. The largest absolute Gasteiger partial charge is 0.325 e. The molecule has 9 nitrogen and oxygen atoms in total. The summed E-state index contributed by atoms with van der Waals surface area (Å²) in [5.41, 5.74) is 0.322. The molecule has 1 aromatic rings. The van der Waals surface area contributed by atoms with Gasteiger partial charge in [0.05, 0.1) is 0 Å². The summed E-state index contributed by atoms with van der Waals surface area (Å²) in [5, 5.41) is 8.45. The first-order valence-corrected chi connectivity index (χ1v) is 12.0. The third-order valence-electron chi connectivity index (χ3n) is 6.99. The van der Waals surface area contributed by atoms with Crippen molar-refractivity contribution >= 4 is 35.3 Å². The van der Waals surface area contributed by atoms with Crippen LogP contribution in [0.5, 0.6) is 0 Å². The van der Waals surface area contributed by atoms with Gasteiger partial charge in [0.15, 0.2) is 0 Å². The number of hydrogen-bond donors (Lipinski definition) is 3. The maximum atomic E-state index is 12.9. The summed E-state index contributed by atoms with van der Waals surface area (Å²) in [7, 11) is 0. The Bertz CT molecular complexity index is 900. The van der Waals surface area contributed by atoms with Crippen molar-refractivity contribution in [2.75, 3.05) is 30.3 Å². The number of imide groups is 1. The number of hydrogen-bond acceptors (Lipinski definition) is 4. The van der Waals surface area contributed by atoms with Crippen LogP contribution in [0.4, 0.5) is 21.0 Å². The Morgan fingerprint density at radius 1 is 0.970 bits per heavy atom. The quantitative estimate of drug-likeness (QED) is 0.603. The van der Waals surface area contributed by atoms with E-state index in [1.165, 1.54) is 0 Å². The number of carbonyl (C=O) groups is 4. The molecule has 2 aliphatic heterocycles. The molecule has 2 saturated heterocycles. The summed E-state index contributed by atoms with van der Waals surface area (Å²) in [6.45, 7) is 3.35. The standard InChI is InChI=1S/C24H33N5O4/c1-17-10-12-24(13-11-17)21(31)29(23(33)27-24)16-20(30)25-18-6-8-19(9-7-18)26-22(32)28-14-4-2-3-5-15-28/h6-9,17H,2-5,10-16H2,1H3,(H,25,30)(H,26,32)(H,27,33). The molecule has 0 unspecified atom stereocenters. The Balaban J connectivity index is 1.29. The van der Waals surface area contributed by atoms with Crippen molar-refractivity contribution in [3.8, 4) is 0 Å². The van der Waals surface area contributed by atoms with E-state index < -0.39 is 17.5 Å². The van der Waals surface area contributed by atoms with Crippen LogP contribution in [-0.4, -0.2) is 58.8 Å². The van der Waals surface area contributed by atoms with E-state index in [0.717, 1.165) is 56.5 Å². The van der Waals surface area contributed by atoms with Gasteiger partial charge in [0.2, 0.25) is 5.91 Å². The third kappa shape index (κ3) is 5.29. The van der Waals surface area contributed by atoms with Gasteiger partial charge in [0, 0.05) is 24.5 Å². The molecule has 1 saturated carbocycles. The molecule has 1 aliphatic carbocycles. The van der Waals surface area contributed by atoms with Crippen LogP contribution in [0.2, 0.25) is 0 Å². The molecular formula is C24H33N5O4. The predicted octanol–water partition coefficient (Wildman–Crippen LogP) is 3.53. The van der Waals surface area contributed by atoms with Crippen molar-refractivity contribution < 1.29 is 19.2 Å². The van der Waals surface area contributed by atoms with Crippen LogP contribution in [-0.2, 0) is 9.59 Å². The highest BCUT2D eigenvalue weighted by atomic mass is 16.2. The zero-order valence-electron chi connectivity index (χ0n) is 19.2. The molecule has 3 aliphatic rings. The van der Waals surface area contributed by atoms with Gasteiger partial charge in [-0.1, -0.05) is 19.8 Å². The summed E-state index contributed by atoms with van der Waals surface area (Å²) in [4.78, 5) is 53.1. The molecule has 9 heteroatoms. The molecule has 33 heavy (non-hydrogen) atoms. The first kappa shape index (κ1) is 23.1.